The van der Waals surface area contributed by atoms with Crippen LogP contribution in [0.3, 0.4) is 0 Å². The van der Waals surface area contributed by atoms with E-state index in [0.717, 1.165) is 0 Å². The van der Waals surface area contributed by atoms with Gasteiger partial charge in [-0.25, -0.2) is 33.7 Å². The summed E-state index contributed by atoms with van der Waals surface area (Å²) in [6.45, 7) is 0. The maximum Gasteiger partial charge on any atom is 4.00 e. The first-order chi connectivity index (χ1) is 10.2. The van der Waals surface area contributed by atoms with E-state index in [-0.39, 0.29) is 27.3 Å². The molecule has 0 N–H and O–H groups in total. The number of thiocyanates is 4. The van der Waals surface area contributed by atoms with Gasteiger partial charge in [-0.05, 0) is 0 Å². The van der Waals surface area contributed by atoms with Gasteiger partial charge < -0.3 is 18.2 Å². The van der Waals surface area contributed by atoms with E-state index in [4.69, 9.17) is 72.9 Å². The molecule has 0 saturated carbocycles. The van der Waals surface area contributed by atoms with E-state index >= 15 is 0 Å². The van der Waals surface area contributed by atoms with Gasteiger partial charge in [0, 0.05) is 0 Å². The van der Waals surface area contributed by atoms with E-state index < -0.39 is 40.5 Å². The number of nitriles is 4. The van der Waals surface area contributed by atoms with Crippen molar-refractivity contribution in [3.8, 4) is 21.6 Å². The molecule has 0 aliphatic rings. The predicted octanol–water partition coefficient (Wildman–Crippen LogP) is -4.33. The molecule has 0 fully saturated rings. The quantitative estimate of drug-likeness (QED) is 0.105. The maximum atomic E-state index is 9.08. The Hall–Kier alpha value is -1.48. The van der Waals surface area contributed by atoms with Gasteiger partial charge >= 0.3 is 27.3 Å². The average Bonchev–Trinajstić information content (AvgIpc) is 2.37. The van der Waals surface area contributed by atoms with Crippen LogP contribution in [-0.2, 0) is 40.5 Å². The molecule has 0 aromatic rings. The number of rotatable bonds is 0. The molecular formula is C4N4O12PbS4. The van der Waals surface area contributed by atoms with E-state index in [2.05, 4.69) is 0 Å². The van der Waals surface area contributed by atoms with E-state index in [1.54, 1.807) is 0 Å². The Morgan fingerprint density at radius 1 is 0.440 bits per heavy atom. The summed E-state index contributed by atoms with van der Waals surface area (Å²) in [5, 5.41) is 31.1. The van der Waals surface area contributed by atoms with Crippen LogP contribution in [-0.4, -0.2) is 79.2 Å². The molecule has 0 aliphatic heterocycles. The molecule has 0 bridgehead atoms. The van der Waals surface area contributed by atoms with Crippen molar-refractivity contribution in [2.45, 2.75) is 0 Å². The van der Waals surface area contributed by atoms with Crippen LogP contribution in [0, 0.1) is 42.7 Å². The van der Waals surface area contributed by atoms with E-state index in [1.165, 1.54) is 0 Å². The Morgan fingerprint density at radius 3 is 0.480 bits per heavy atom. The number of hydrogen-bond donors (Lipinski definition) is 0. The molecule has 0 rings (SSSR count). The molecule has 21 heteroatoms. The topological polar surface area (TPSA) is 324 Å². The standard InChI is InChI=1S/4CHNO3S.Pb/c4*2-1-6(3,4)5;/h4*(H,3,4,5);/q;;;;+4/p-4. The zero-order valence-corrected chi connectivity index (χ0v) is 18.0. The third kappa shape index (κ3) is 85.7. The summed E-state index contributed by atoms with van der Waals surface area (Å²) in [5.41, 5.74) is 0. The summed E-state index contributed by atoms with van der Waals surface area (Å²) < 4.78 is 109. The molecule has 136 valence electrons. The van der Waals surface area contributed by atoms with Crippen molar-refractivity contribution in [2.75, 3.05) is 0 Å². The minimum absolute atomic E-state index is 0. The van der Waals surface area contributed by atoms with E-state index in [0.29, 0.717) is 21.6 Å². The summed E-state index contributed by atoms with van der Waals surface area (Å²) in [6.07, 6.45) is 0. The maximum absolute atomic E-state index is 9.08. The van der Waals surface area contributed by atoms with Crippen LogP contribution in [0.5, 0.6) is 0 Å². The summed E-state index contributed by atoms with van der Waals surface area (Å²) in [6, 6.07) is 0. The first kappa shape index (κ1) is 34.8. The number of nitrogens with zero attached hydrogens (tertiary/aromatic N) is 4. The Morgan fingerprint density at radius 2 is 0.480 bits per heavy atom. The first-order valence-electron chi connectivity index (χ1n) is 3.71. The molecule has 25 heavy (non-hydrogen) atoms. The SMILES string of the molecule is N#CS(=O)(=O)[O-].N#CS(=O)(=O)[O-].N#CS(=O)(=O)[O-].N#CS(=O)(=O)[O-].[Pb+4]. The Labute approximate surface area is 161 Å². The van der Waals surface area contributed by atoms with Crippen LogP contribution in [0.25, 0.3) is 0 Å². The molecule has 0 atom stereocenters. The van der Waals surface area contributed by atoms with Gasteiger partial charge in [-0.2, -0.15) is 21.0 Å². The summed E-state index contributed by atoms with van der Waals surface area (Å²) in [7, 11) is -18.4. The summed E-state index contributed by atoms with van der Waals surface area (Å²) in [5.74, 6) is 0. The van der Waals surface area contributed by atoms with Gasteiger partial charge in [-0.3, -0.25) is 0 Å². The smallest absolute Gasteiger partial charge is 0.736 e. The average molecular weight is 632 g/mol. The van der Waals surface area contributed by atoms with Crippen molar-refractivity contribution in [2.24, 2.45) is 0 Å². The Balaban J connectivity index is -0.0000000702. The molecule has 0 radical (unpaired) electrons. The van der Waals surface area contributed by atoms with Crippen molar-refractivity contribution in [3.05, 3.63) is 0 Å². The van der Waals surface area contributed by atoms with Crippen molar-refractivity contribution in [1.29, 1.82) is 21.0 Å². The van der Waals surface area contributed by atoms with Crippen LogP contribution in [0.4, 0.5) is 0 Å². The second-order valence-corrected chi connectivity index (χ2v) is 6.54. The second-order valence-electron chi connectivity index (χ2n) is 2.18. The normalized spacial score (nSPS) is 9.60. The fraction of sp³-hybridized carbons (Fsp3) is 0. The molecule has 0 aromatic heterocycles. The van der Waals surface area contributed by atoms with E-state index in [1.807, 2.05) is 0 Å². The fourth-order valence-corrected chi connectivity index (χ4v) is 0. The van der Waals surface area contributed by atoms with Crippen LogP contribution >= 0.6 is 0 Å². The van der Waals surface area contributed by atoms with Gasteiger partial charge in [0.1, 0.15) is 0 Å². The van der Waals surface area contributed by atoms with Gasteiger partial charge in [0.2, 0.25) is 0 Å². The Bertz CT molecular complexity index is 813. The van der Waals surface area contributed by atoms with Crippen molar-refractivity contribution >= 4 is 67.8 Å². The second kappa shape index (κ2) is 14.8. The molecule has 0 amide bonds. The van der Waals surface area contributed by atoms with Crippen molar-refractivity contribution in [1.82, 2.24) is 0 Å². The third-order valence-corrected chi connectivity index (χ3v) is 1.34. The minimum Gasteiger partial charge on any atom is -0.736 e. The predicted molar refractivity (Wildman–Crippen MR) is 67.0 cm³/mol. The Kier molecular flexibility index (Phi) is 20.6. The molecule has 0 unspecified atom stereocenters. The van der Waals surface area contributed by atoms with Gasteiger partial charge in [0.15, 0.2) is 62.1 Å². The third-order valence-electron chi connectivity index (χ3n) is 0.447. The minimum atomic E-state index is -4.61. The van der Waals surface area contributed by atoms with Gasteiger partial charge in [-0.15, -0.1) is 0 Å². The molecule has 0 spiro atoms. The molecule has 16 nitrogen and oxygen atoms in total. The van der Waals surface area contributed by atoms with Gasteiger partial charge in [0.25, 0.3) is 0 Å². The van der Waals surface area contributed by atoms with Crippen LogP contribution in [0.1, 0.15) is 0 Å². The van der Waals surface area contributed by atoms with Gasteiger partial charge in [0.05, 0.1) is 0 Å². The largest absolute Gasteiger partial charge is 4.00 e. The monoisotopic (exact) mass is 632 g/mol. The van der Waals surface area contributed by atoms with Crippen LogP contribution in [0.15, 0.2) is 0 Å². The molecule has 0 aliphatic carbocycles. The zero-order chi connectivity index (χ0) is 20.8. The van der Waals surface area contributed by atoms with Gasteiger partial charge in [-0.1, -0.05) is 0 Å². The summed E-state index contributed by atoms with van der Waals surface area (Å²) >= 11 is 0. The first-order valence-corrected chi connectivity index (χ1v) is 9.34. The summed E-state index contributed by atoms with van der Waals surface area (Å²) in [4.78, 5) is 0. The molecule has 0 aromatic carbocycles. The van der Waals surface area contributed by atoms with Crippen molar-refractivity contribution < 1.29 is 51.9 Å². The van der Waals surface area contributed by atoms with E-state index in [9.17, 15) is 0 Å². The fourth-order valence-electron chi connectivity index (χ4n) is 0. The number of hydrogen-bond acceptors (Lipinski definition) is 16. The molecule has 0 saturated heterocycles. The van der Waals surface area contributed by atoms with Crippen LogP contribution in [0.2, 0.25) is 0 Å². The zero-order valence-electron chi connectivity index (χ0n) is 10.8. The van der Waals surface area contributed by atoms with Crippen molar-refractivity contribution in [3.63, 3.8) is 0 Å². The molecule has 0 heterocycles. The molecular weight excluding hydrogens is 632 g/mol. The van der Waals surface area contributed by atoms with Crippen LogP contribution < -0.4 is 0 Å².